The zero-order valence-electron chi connectivity index (χ0n) is 11.7. The molecule has 2 aliphatic rings. The zero-order valence-corrected chi connectivity index (χ0v) is 11.7. The van der Waals surface area contributed by atoms with Crippen molar-refractivity contribution in [2.45, 2.75) is 31.9 Å². The highest BCUT2D eigenvalue weighted by atomic mass is 16.3. The molecule has 0 aromatic carbocycles. The molecule has 1 aliphatic carbocycles. The van der Waals surface area contributed by atoms with Gasteiger partial charge in [0.25, 0.3) is 0 Å². The van der Waals surface area contributed by atoms with Crippen LogP contribution in [0.15, 0.2) is 18.3 Å². The number of nitrogens with one attached hydrogen (secondary N) is 1. The lowest BCUT2D eigenvalue weighted by atomic mass is 10.00. The molecule has 1 aliphatic heterocycles. The number of aliphatic hydroxyl groups is 1. The van der Waals surface area contributed by atoms with Gasteiger partial charge in [-0.2, -0.15) is 0 Å². The Kier molecular flexibility index (Phi) is 3.46. The average molecular weight is 261 g/mol. The van der Waals surface area contributed by atoms with Crippen LogP contribution in [0.25, 0.3) is 0 Å². The molecule has 4 atom stereocenters. The van der Waals surface area contributed by atoms with Gasteiger partial charge in [-0.05, 0) is 44.4 Å². The Balaban J connectivity index is 1.70. The molecule has 3 rings (SSSR count). The smallest absolute Gasteiger partial charge is 0.128 e. The van der Waals surface area contributed by atoms with E-state index in [9.17, 15) is 5.11 Å². The van der Waals surface area contributed by atoms with E-state index in [2.05, 4.69) is 34.3 Å². The summed E-state index contributed by atoms with van der Waals surface area (Å²) in [6.45, 7) is 4.14. The fourth-order valence-corrected chi connectivity index (χ4v) is 3.43. The summed E-state index contributed by atoms with van der Waals surface area (Å²) in [5.74, 6) is 2.17. The van der Waals surface area contributed by atoms with Crippen molar-refractivity contribution in [1.29, 1.82) is 0 Å². The van der Waals surface area contributed by atoms with Gasteiger partial charge in [0.1, 0.15) is 5.82 Å². The number of nitrogens with zero attached hydrogens (tertiary/aromatic N) is 2. The van der Waals surface area contributed by atoms with E-state index in [4.69, 9.17) is 0 Å². The first-order chi connectivity index (χ1) is 9.19. The first-order valence-corrected chi connectivity index (χ1v) is 7.25. The molecular formula is C15H23N3O. The van der Waals surface area contributed by atoms with Gasteiger partial charge < -0.3 is 15.3 Å². The lowest BCUT2D eigenvalue weighted by molar-refractivity contribution is 0.133. The number of pyridine rings is 1. The van der Waals surface area contributed by atoms with Crippen LogP contribution in [0.2, 0.25) is 0 Å². The number of fused-ring (bicyclic) bond motifs is 1. The molecule has 1 saturated carbocycles. The van der Waals surface area contributed by atoms with Gasteiger partial charge >= 0.3 is 0 Å². The standard InChI is InChI=1S/C15H23N3O/c1-10(16-2)11-4-6-15(17-7-11)18-8-12-3-5-14(19)13(12)9-18/h4,6-7,10,12-14,16,19H,3,5,8-9H2,1-2H3. The van der Waals surface area contributed by atoms with Crippen molar-refractivity contribution < 1.29 is 5.11 Å². The van der Waals surface area contributed by atoms with Crippen LogP contribution in [0.1, 0.15) is 31.4 Å². The van der Waals surface area contributed by atoms with Crippen LogP contribution in [-0.2, 0) is 0 Å². The first-order valence-electron chi connectivity index (χ1n) is 7.25. The Hall–Kier alpha value is -1.13. The molecule has 2 fully saturated rings. The second-order valence-corrected chi connectivity index (χ2v) is 5.93. The lowest BCUT2D eigenvalue weighted by Gasteiger charge is -2.20. The maximum atomic E-state index is 9.96. The monoisotopic (exact) mass is 261 g/mol. The molecule has 0 amide bonds. The van der Waals surface area contributed by atoms with Crippen LogP contribution < -0.4 is 10.2 Å². The maximum Gasteiger partial charge on any atom is 0.128 e. The largest absolute Gasteiger partial charge is 0.393 e. The van der Waals surface area contributed by atoms with Gasteiger partial charge in [-0.25, -0.2) is 4.98 Å². The van der Waals surface area contributed by atoms with E-state index in [1.165, 1.54) is 5.56 Å². The third kappa shape index (κ3) is 2.35. The minimum atomic E-state index is -0.0985. The molecule has 4 unspecified atom stereocenters. The Bertz CT molecular complexity index is 434. The molecule has 1 saturated heterocycles. The van der Waals surface area contributed by atoms with E-state index in [1.807, 2.05) is 13.2 Å². The molecular weight excluding hydrogens is 238 g/mol. The second-order valence-electron chi connectivity index (χ2n) is 5.93. The second kappa shape index (κ2) is 5.10. The van der Waals surface area contributed by atoms with Gasteiger partial charge in [0.05, 0.1) is 6.10 Å². The van der Waals surface area contributed by atoms with Crippen LogP contribution in [0, 0.1) is 11.8 Å². The van der Waals surface area contributed by atoms with Crippen molar-refractivity contribution in [2.24, 2.45) is 11.8 Å². The van der Waals surface area contributed by atoms with E-state index >= 15 is 0 Å². The number of hydrogen-bond donors (Lipinski definition) is 2. The Labute approximate surface area is 114 Å². The average Bonchev–Trinajstić information content (AvgIpc) is 3.01. The third-order valence-electron chi connectivity index (χ3n) is 4.85. The van der Waals surface area contributed by atoms with Crippen molar-refractivity contribution in [1.82, 2.24) is 10.3 Å². The normalized spacial score (nSPS) is 31.5. The lowest BCUT2D eigenvalue weighted by Crippen LogP contribution is -2.25. The molecule has 104 valence electrons. The maximum absolute atomic E-state index is 9.96. The summed E-state index contributed by atoms with van der Waals surface area (Å²) in [5, 5.41) is 13.2. The third-order valence-corrected chi connectivity index (χ3v) is 4.85. The highest BCUT2D eigenvalue weighted by Gasteiger charge is 2.42. The van der Waals surface area contributed by atoms with Crippen LogP contribution in [0.4, 0.5) is 5.82 Å². The predicted octanol–water partition coefficient (Wildman–Crippen LogP) is 1.57. The van der Waals surface area contributed by atoms with E-state index in [0.717, 1.165) is 31.7 Å². The van der Waals surface area contributed by atoms with Gasteiger partial charge in [0.2, 0.25) is 0 Å². The van der Waals surface area contributed by atoms with E-state index in [-0.39, 0.29) is 6.10 Å². The topological polar surface area (TPSA) is 48.4 Å². The van der Waals surface area contributed by atoms with Crippen LogP contribution in [0.3, 0.4) is 0 Å². The minimum absolute atomic E-state index is 0.0985. The molecule has 2 N–H and O–H groups in total. The molecule has 2 heterocycles. The highest BCUT2D eigenvalue weighted by Crippen LogP contribution is 2.39. The molecule has 4 nitrogen and oxygen atoms in total. The molecule has 0 spiro atoms. The number of anilines is 1. The van der Waals surface area contributed by atoms with Gasteiger partial charge in [0, 0.05) is 31.2 Å². The van der Waals surface area contributed by atoms with Crippen molar-refractivity contribution in [3.63, 3.8) is 0 Å². The van der Waals surface area contributed by atoms with E-state index < -0.39 is 0 Å². The van der Waals surface area contributed by atoms with Crippen LogP contribution in [0.5, 0.6) is 0 Å². The molecule has 1 aromatic heterocycles. The Morgan fingerprint density at radius 3 is 2.84 bits per heavy atom. The fourth-order valence-electron chi connectivity index (χ4n) is 3.43. The molecule has 0 bridgehead atoms. The first kappa shape index (κ1) is 12.9. The van der Waals surface area contributed by atoms with Gasteiger partial charge in [-0.15, -0.1) is 0 Å². The summed E-state index contributed by atoms with van der Waals surface area (Å²) in [6.07, 6.45) is 4.01. The van der Waals surface area contributed by atoms with E-state index in [0.29, 0.717) is 17.9 Å². The predicted molar refractivity (Wildman–Crippen MR) is 76.1 cm³/mol. The number of rotatable bonds is 3. The fraction of sp³-hybridized carbons (Fsp3) is 0.667. The number of hydrogen-bond acceptors (Lipinski definition) is 4. The minimum Gasteiger partial charge on any atom is -0.393 e. The van der Waals surface area contributed by atoms with Crippen molar-refractivity contribution in [3.05, 3.63) is 23.9 Å². The molecule has 19 heavy (non-hydrogen) atoms. The van der Waals surface area contributed by atoms with Crippen molar-refractivity contribution in [2.75, 3.05) is 25.0 Å². The van der Waals surface area contributed by atoms with Gasteiger partial charge in [-0.1, -0.05) is 6.07 Å². The zero-order chi connectivity index (χ0) is 13.4. The molecule has 1 aromatic rings. The SMILES string of the molecule is CNC(C)c1ccc(N2CC3CCC(O)C3C2)nc1. The number of aliphatic hydroxyl groups excluding tert-OH is 1. The highest BCUT2D eigenvalue weighted by molar-refractivity contribution is 5.41. The molecule has 4 heteroatoms. The summed E-state index contributed by atoms with van der Waals surface area (Å²) < 4.78 is 0. The Morgan fingerprint density at radius 2 is 2.21 bits per heavy atom. The summed E-state index contributed by atoms with van der Waals surface area (Å²) in [6, 6.07) is 4.59. The van der Waals surface area contributed by atoms with Crippen LogP contribution in [-0.4, -0.2) is 36.3 Å². The summed E-state index contributed by atoms with van der Waals surface area (Å²) >= 11 is 0. The van der Waals surface area contributed by atoms with Crippen molar-refractivity contribution >= 4 is 5.82 Å². The van der Waals surface area contributed by atoms with Gasteiger partial charge in [0.15, 0.2) is 0 Å². The van der Waals surface area contributed by atoms with Crippen molar-refractivity contribution in [3.8, 4) is 0 Å². The Morgan fingerprint density at radius 1 is 1.37 bits per heavy atom. The van der Waals surface area contributed by atoms with E-state index in [1.54, 1.807) is 0 Å². The number of aromatic nitrogens is 1. The summed E-state index contributed by atoms with van der Waals surface area (Å²) in [4.78, 5) is 6.91. The summed E-state index contributed by atoms with van der Waals surface area (Å²) in [5.41, 5.74) is 1.21. The van der Waals surface area contributed by atoms with Crippen LogP contribution >= 0.6 is 0 Å². The molecule has 0 radical (unpaired) electrons. The van der Waals surface area contributed by atoms with Gasteiger partial charge in [-0.3, -0.25) is 0 Å². The summed E-state index contributed by atoms with van der Waals surface area (Å²) in [7, 11) is 1.96. The quantitative estimate of drug-likeness (QED) is 0.867.